The number of aliphatic hydroxyl groups excluding tert-OH is 1. The van der Waals surface area contributed by atoms with E-state index in [-0.39, 0.29) is 6.10 Å². The predicted octanol–water partition coefficient (Wildman–Crippen LogP) is 4.90. The van der Waals surface area contributed by atoms with Gasteiger partial charge < -0.3 is 10.0 Å². The van der Waals surface area contributed by atoms with E-state index < -0.39 is 0 Å². The minimum atomic E-state index is -0.356. The van der Waals surface area contributed by atoms with Crippen LogP contribution in [0.3, 0.4) is 0 Å². The number of benzene rings is 2. The van der Waals surface area contributed by atoms with Gasteiger partial charge in [0.1, 0.15) is 0 Å². The first-order valence-corrected chi connectivity index (χ1v) is 9.84. The van der Waals surface area contributed by atoms with Crippen LogP contribution in [-0.4, -0.2) is 29.6 Å². The predicted molar refractivity (Wildman–Crippen MR) is 103 cm³/mol. The second-order valence-electron chi connectivity index (χ2n) is 7.93. The van der Waals surface area contributed by atoms with Gasteiger partial charge >= 0.3 is 0 Å². The second kappa shape index (κ2) is 7.72. The molecule has 2 bridgehead atoms. The molecule has 0 unspecified atom stereocenters. The number of aliphatic hydroxyl groups is 1. The Morgan fingerprint density at radius 3 is 2.40 bits per heavy atom. The average molecular weight is 335 g/mol. The van der Waals surface area contributed by atoms with Crippen LogP contribution in [0, 0.1) is 11.8 Å². The van der Waals surface area contributed by atoms with Gasteiger partial charge in [-0.3, -0.25) is 0 Å². The summed E-state index contributed by atoms with van der Waals surface area (Å²) in [5, 5.41) is 10.6. The Hall–Kier alpha value is -1.64. The maximum absolute atomic E-state index is 10.6. The normalized spacial score (nSPS) is 24.8. The lowest BCUT2D eigenvalue weighted by molar-refractivity contribution is 0.136. The van der Waals surface area contributed by atoms with Crippen molar-refractivity contribution < 1.29 is 5.11 Å². The molecule has 132 valence electrons. The summed E-state index contributed by atoms with van der Waals surface area (Å²) >= 11 is 0. The van der Waals surface area contributed by atoms with Gasteiger partial charge in [-0.15, -0.1) is 0 Å². The number of nitrogens with zero attached hydrogens (tertiary/aromatic N) is 1. The largest absolute Gasteiger partial charge is 0.388 e. The van der Waals surface area contributed by atoms with Crippen LogP contribution in [0.4, 0.5) is 0 Å². The Balaban J connectivity index is 1.32. The molecule has 1 saturated carbocycles. The minimum absolute atomic E-state index is 0.356. The molecule has 25 heavy (non-hydrogen) atoms. The van der Waals surface area contributed by atoms with Gasteiger partial charge in [0.25, 0.3) is 0 Å². The fourth-order valence-corrected chi connectivity index (χ4v) is 4.63. The van der Waals surface area contributed by atoms with Crippen LogP contribution >= 0.6 is 0 Å². The molecule has 1 aliphatic carbocycles. The molecule has 0 spiro atoms. The van der Waals surface area contributed by atoms with Crippen LogP contribution in [0.2, 0.25) is 0 Å². The summed E-state index contributed by atoms with van der Waals surface area (Å²) in [5.74, 6) is 1.89. The molecule has 2 nitrogen and oxygen atoms in total. The Kier molecular flexibility index (Phi) is 5.19. The van der Waals surface area contributed by atoms with Crippen molar-refractivity contribution in [2.24, 2.45) is 11.8 Å². The summed E-state index contributed by atoms with van der Waals surface area (Å²) in [6.07, 6.45) is 6.16. The topological polar surface area (TPSA) is 23.5 Å². The summed E-state index contributed by atoms with van der Waals surface area (Å²) in [6.45, 7) is 3.49. The van der Waals surface area contributed by atoms with E-state index in [0.717, 1.165) is 30.4 Å². The molecule has 2 aliphatic rings. The molecule has 1 aliphatic heterocycles. The zero-order valence-electron chi connectivity index (χ0n) is 15.0. The van der Waals surface area contributed by atoms with Gasteiger partial charge in [0.15, 0.2) is 0 Å². The third-order valence-corrected chi connectivity index (χ3v) is 6.14. The van der Waals surface area contributed by atoms with E-state index in [0.29, 0.717) is 0 Å². The number of fused-ring (bicyclic) bond motifs is 2. The first kappa shape index (κ1) is 16.8. The molecule has 0 radical (unpaired) electrons. The molecule has 2 heteroatoms. The summed E-state index contributed by atoms with van der Waals surface area (Å²) in [6, 6.07) is 18.8. The maximum Gasteiger partial charge on any atom is 0.0802 e. The van der Waals surface area contributed by atoms with Crippen molar-refractivity contribution in [1.29, 1.82) is 0 Å². The van der Waals surface area contributed by atoms with Gasteiger partial charge in [-0.1, -0.05) is 61.0 Å². The van der Waals surface area contributed by atoms with Crippen LogP contribution in [0.25, 0.3) is 11.1 Å². The zero-order chi connectivity index (χ0) is 17.1. The van der Waals surface area contributed by atoms with Gasteiger partial charge in [0.2, 0.25) is 0 Å². The van der Waals surface area contributed by atoms with Gasteiger partial charge in [0, 0.05) is 13.1 Å². The molecule has 2 fully saturated rings. The molecule has 0 amide bonds. The Morgan fingerprint density at radius 1 is 0.880 bits per heavy atom. The average Bonchev–Trinajstić information content (AvgIpc) is 3.01. The van der Waals surface area contributed by atoms with Crippen molar-refractivity contribution in [3.8, 4) is 11.1 Å². The highest BCUT2D eigenvalue weighted by Crippen LogP contribution is 2.36. The van der Waals surface area contributed by atoms with Crippen molar-refractivity contribution in [3.63, 3.8) is 0 Å². The van der Waals surface area contributed by atoms with E-state index >= 15 is 0 Å². The molecule has 3 atom stereocenters. The third-order valence-electron chi connectivity index (χ3n) is 6.14. The van der Waals surface area contributed by atoms with Crippen LogP contribution in [0.1, 0.15) is 43.8 Å². The smallest absolute Gasteiger partial charge is 0.0802 e. The highest BCUT2D eigenvalue weighted by molar-refractivity contribution is 5.63. The Bertz CT molecular complexity index is 666. The highest BCUT2D eigenvalue weighted by Gasteiger charge is 2.29. The van der Waals surface area contributed by atoms with Crippen molar-refractivity contribution in [3.05, 3.63) is 60.2 Å². The van der Waals surface area contributed by atoms with Crippen molar-refractivity contribution in [2.75, 3.05) is 19.6 Å². The lowest BCUT2D eigenvalue weighted by Gasteiger charge is -2.25. The first-order chi connectivity index (χ1) is 12.3. The third kappa shape index (κ3) is 4.13. The number of hydrogen-bond acceptors (Lipinski definition) is 2. The van der Waals surface area contributed by atoms with Crippen molar-refractivity contribution >= 4 is 0 Å². The molecule has 4 rings (SSSR count). The minimum Gasteiger partial charge on any atom is -0.388 e. The van der Waals surface area contributed by atoms with E-state index in [1.54, 1.807) is 0 Å². The summed E-state index contributed by atoms with van der Waals surface area (Å²) < 4.78 is 0. The molecule has 1 N–H and O–H groups in total. The summed E-state index contributed by atoms with van der Waals surface area (Å²) in [4.78, 5) is 2.59. The van der Waals surface area contributed by atoms with E-state index in [1.807, 2.05) is 6.07 Å². The van der Waals surface area contributed by atoms with Gasteiger partial charge in [0.05, 0.1) is 6.10 Å². The molecule has 2 aromatic carbocycles. The van der Waals surface area contributed by atoms with Crippen LogP contribution in [0.5, 0.6) is 0 Å². The van der Waals surface area contributed by atoms with Crippen molar-refractivity contribution in [1.82, 2.24) is 4.90 Å². The van der Waals surface area contributed by atoms with E-state index in [4.69, 9.17) is 0 Å². The van der Waals surface area contributed by atoms with Crippen LogP contribution in [-0.2, 0) is 0 Å². The lowest BCUT2D eigenvalue weighted by Crippen LogP contribution is -2.30. The standard InChI is InChI=1S/C23H29NO/c25-23(13-15-24-14-12-18-6-7-19(16-18)17-24)22-10-8-21(9-11-22)20-4-2-1-3-5-20/h1-5,8-11,18-19,23,25H,6-7,12-17H2/t18-,19-,23+/m0/s1. The number of hydrogen-bond donors (Lipinski definition) is 1. The van der Waals surface area contributed by atoms with E-state index in [9.17, 15) is 5.11 Å². The quantitative estimate of drug-likeness (QED) is 0.840. The SMILES string of the molecule is O[C@H](CCN1CC[C@@H]2CC[C@@H](C2)C1)c1ccc(-c2ccccc2)cc1. The van der Waals surface area contributed by atoms with Crippen LogP contribution in [0.15, 0.2) is 54.6 Å². The lowest BCUT2D eigenvalue weighted by atomic mass is 10.0. The Labute approximate surface area is 151 Å². The molecule has 1 saturated heterocycles. The highest BCUT2D eigenvalue weighted by atomic mass is 16.3. The van der Waals surface area contributed by atoms with E-state index in [2.05, 4.69) is 53.4 Å². The number of likely N-dealkylation sites (tertiary alicyclic amines) is 1. The van der Waals surface area contributed by atoms with Crippen LogP contribution < -0.4 is 0 Å². The molecule has 2 aromatic rings. The maximum atomic E-state index is 10.6. The van der Waals surface area contributed by atoms with Gasteiger partial charge in [-0.05, 0) is 60.8 Å². The zero-order valence-corrected chi connectivity index (χ0v) is 15.0. The van der Waals surface area contributed by atoms with E-state index in [1.165, 1.54) is 49.9 Å². The molecule has 1 heterocycles. The van der Waals surface area contributed by atoms with Crippen molar-refractivity contribution in [2.45, 2.75) is 38.2 Å². The fourth-order valence-electron chi connectivity index (χ4n) is 4.63. The molecular weight excluding hydrogens is 306 g/mol. The first-order valence-electron chi connectivity index (χ1n) is 9.84. The molecular formula is C23H29NO. The van der Waals surface area contributed by atoms with Gasteiger partial charge in [-0.2, -0.15) is 0 Å². The Morgan fingerprint density at radius 2 is 1.60 bits per heavy atom. The summed E-state index contributed by atoms with van der Waals surface area (Å²) in [7, 11) is 0. The van der Waals surface area contributed by atoms with Gasteiger partial charge in [-0.25, -0.2) is 0 Å². The molecule has 0 aromatic heterocycles. The second-order valence-corrected chi connectivity index (χ2v) is 7.93. The number of rotatable bonds is 5. The summed E-state index contributed by atoms with van der Waals surface area (Å²) in [5.41, 5.74) is 3.47. The monoisotopic (exact) mass is 335 g/mol. The fraction of sp³-hybridized carbons (Fsp3) is 0.478.